The van der Waals surface area contributed by atoms with Gasteiger partial charge >= 0.3 is 19.8 Å². The van der Waals surface area contributed by atoms with Gasteiger partial charge < -0.3 is 25.2 Å². The van der Waals surface area contributed by atoms with E-state index in [1.54, 1.807) is 0 Å². The zero-order valence-corrected chi connectivity index (χ0v) is 38.2. The number of carbonyl (C=O) groups excluding carboxylic acids is 1. The van der Waals surface area contributed by atoms with E-state index in [9.17, 15) is 19.0 Å². The third-order valence-electron chi connectivity index (χ3n) is 9.78. The van der Waals surface area contributed by atoms with E-state index in [2.05, 4.69) is 74.6 Å². The van der Waals surface area contributed by atoms with Crippen LogP contribution in [0.25, 0.3) is 0 Å². The van der Waals surface area contributed by atoms with Crippen molar-refractivity contribution in [3.8, 4) is 0 Å². The molecule has 10 nitrogen and oxygen atoms in total. The van der Waals surface area contributed by atoms with E-state index in [4.69, 9.17) is 29.4 Å². The van der Waals surface area contributed by atoms with Gasteiger partial charge in [0.2, 0.25) is 0 Å². The summed E-state index contributed by atoms with van der Waals surface area (Å²) in [6.45, 7) is 3.74. The van der Waals surface area contributed by atoms with Gasteiger partial charge in [0.05, 0.1) is 19.8 Å². The van der Waals surface area contributed by atoms with Gasteiger partial charge in [-0.1, -0.05) is 171 Å². The molecule has 0 bridgehead atoms. The van der Waals surface area contributed by atoms with Gasteiger partial charge in [-0.05, 0) is 77.0 Å². The van der Waals surface area contributed by atoms with Gasteiger partial charge in [0, 0.05) is 13.0 Å². The summed E-state index contributed by atoms with van der Waals surface area (Å²) in [5.41, 5.74) is 5.36. The number of aliphatic carboxylic acids is 1. The molecule has 0 heterocycles. The molecule has 3 unspecified atom stereocenters. The molecule has 0 spiro atoms. The van der Waals surface area contributed by atoms with Crippen LogP contribution >= 0.6 is 7.82 Å². The number of esters is 1. The fourth-order valence-electron chi connectivity index (χ4n) is 6.18. The Morgan fingerprint density at radius 1 is 0.559 bits per heavy atom. The van der Waals surface area contributed by atoms with Crippen molar-refractivity contribution >= 4 is 19.8 Å². The van der Waals surface area contributed by atoms with Crippen LogP contribution in [0.4, 0.5) is 0 Å². The Balaban J connectivity index is 4.14. The maximum absolute atomic E-state index is 12.6. The van der Waals surface area contributed by atoms with Gasteiger partial charge in [-0.3, -0.25) is 18.6 Å². The molecule has 11 heteroatoms. The molecule has 0 aromatic heterocycles. The zero-order chi connectivity index (χ0) is 43.3. The number of carboxylic acids is 1. The Morgan fingerprint density at radius 2 is 0.983 bits per heavy atom. The topological polar surface area (TPSA) is 155 Å². The third kappa shape index (κ3) is 43.6. The number of nitrogens with two attached hydrogens (primary N) is 1. The Bertz CT molecular complexity index is 1170. The maximum atomic E-state index is 12.6. The molecule has 342 valence electrons. The van der Waals surface area contributed by atoms with Crippen molar-refractivity contribution in [3.05, 3.63) is 60.8 Å². The number of carboxylic acid groups (broad SMARTS) is 1. The molecule has 0 aliphatic carbocycles. The number of carbonyl (C=O) groups is 2. The molecule has 0 amide bonds. The van der Waals surface area contributed by atoms with Crippen LogP contribution in [-0.4, -0.2) is 60.5 Å². The molecule has 0 saturated heterocycles. The lowest BCUT2D eigenvalue weighted by Crippen LogP contribution is -2.34. The Kier molecular flexibility index (Phi) is 42.0. The number of hydrogen-bond acceptors (Lipinski definition) is 8. The second-order valence-electron chi connectivity index (χ2n) is 15.5. The first-order valence-corrected chi connectivity index (χ1v) is 24.8. The van der Waals surface area contributed by atoms with Crippen molar-refractivity contribution in [1.29, 1.82) is 0 Å². The lowest BCUT2D eigenvalue weighted by molar-refractivity contribution is -0.154. The predicted octanol–water partition coefficient (Wildman–Crippen LogP) is 13.2. The van der Waals surface area contributed by atoms with Gasteiger partial charge in [-0.15, -0.1) is 0 Å². The fraction of sp³-hybridized carbons (Fsp3) is 0.750. The van der Waals surface area contributed by atoms with Crippen LogP contribution in [-0.2, 0) is 32.7 Å². The fourth-order valence-corrected chi connectivity index (χ4v) is 6.96. The SMILES string of the molecule is CC/C=C\C/C=C\C/C=C\C/C=C\CCCCCCCCCCCCCOCC(COP(=O)(O)OCC(N)C(=O)O)OC(=O)CCCCCCC/C=C\CCCCCC. The maximum Gasteiger partial charge on any atom is 0.472 e. The number of rotatable bonds is 44. The largest absolute Gasteiger partial charge is 0.480 e. The van der Waals surface area contributed by atoms with Crippen LogP contribution < -0.4 is 5.73 Å². The smallest absolute Gasteiger partial charge is 0.472 e. The van der Waals surface area contributed by atoms with E-state index < -0.39 is 45.1 Å². The van der Waals surface area contributed by atoms with Gasteiger partial charge in [-0.25, -0.2) is 4.57 Å². The standard InChI is InChI=1S/C48H86NO9P/c1-3-5-7-9-11-13-15-17-18-19-20-21-22-23-24-25-26-27-29-31-33-35-37-39-41-55-42-45(43-56-59(53,54)57-44-46(49)48(51)52)58-47(50)40-38-36-34-32-30-28-16-14-12-10-8-6-4-2/h5,7,11,13-14,16-18,20-21,45-46H,3-4,6,8-10,12,15,19,22-44,49H2,1-2H3,(H,51,52)(H,53,54)/b7-5-,13-11-,16-14-,18-17-,21-20-. The molecule has 4 N–H and O–H groups in total. The monoisotopic (exact) mass is 852 g/mol. The number of allylic oxidation sites excluding steroid dienone is 10. The van der Waals surface area contributed by atoms with Crippen LogP contribution in [0.2, 0.25) is 0 Å². The Labute approximate surface area is 360 Å². The van der Waals surface area contributed by atoms with Crippen LogP contribution in [0.5, 0.6) is 0 Å². The van der Waals surface area contributed by atoms with E-state index in [1.165, 1.54) is 83.5 Å². The highest BCUT2D eigenvalue weighted by atomic mass is 31.2. The minimum atomic E-state index is -4.62. The highest BCUT2D eigenvalue weighted by Crippen LogP contribution is 2.43. The van der Waals surface area contributed by atoms with Crippen molar-refractivity contribution in [2.24, 2.45) is 5.73 Å². The molecule has 0 aliphatic rings. The van der Waals surface area contributed by atoms with Gasteiger partial charge in [-0.2, -0.15) is 0 Å². The lowest BCUT2D eigenvalue weighted by atomic mass is 10.1. The van der Waals surface area contributed by atoms with Gasteiger partial charge in [0.25, 0.3) is 0 Å². The average molecular weight is 852 g/mol. The van der Waals surface area contributed by atoms with E-state index in [1.807, 2.05) is 0 Å². The minimum Gasteiger partial charge on any atom is -0.480 e. The molecular weight excluding hydrogens is 765 g/mol. The van der Waals surface area contributed by atoms with Crippen molar-refractivity contribution in [1.82, 2.24) is 0 Å². The molecule has 0 aliphatic heterocycles. The zero-order valence-electron chi connectivity index (χ0n) is 37.3. The van der Waals surface area contributed by atoms with E-state index in [-0.39, 0.29) is 13.0 Å². The summed E-state index contributed by atoms with van der Waals surface area (Å²) in [5, 5.41) is 8.90. The van der Waals surface area contributed by atoms with Gasteiger partial charge in [0.1, 0.15) is 12.1 Å². The highest BCUT2D eigenvalue weighted by molar-refractivity contribution is 7.47. The first-order chi connectivity index (χ1) is 28.7. The van der Waals surface area contributed by atoms with Crippen LogP contribution in [0, 0.1) is 0 Å². The van der Waals surface area contributed by atoms with Crippen molar-refractivity contribution in [2.45, 2.75) is 206 Å². The minimum absolute atomic E-state index is 0.00986. The summed E-state index contributed by atoms with van der Waals surface area (Å²) in [4.78, 5) is 33.5. The molecule has 0 aromatic carbocycles. The molecule has 0 radical (unpaired) electrons. The van der Waals surface area contributed by atoms with Crippen LogP contribution in [0.1, 0.15) is 194 Å². The predicted molar refractivity (Wildman–Crippen MR) is 244 cm³/mol. The Morgan fingerprint density at radius 3 is 1.49 bits per heavy atom. The summed E-state index contributed by atoms with van der Waals surface area (Å²) < 4.78 is 33.4. The molecule has 0 aromatic rings. The van der Waals surface area contributed by atoms with Gasteiger partial charge in [0.15, 0.2) is 0 Å². The molecular formula is C48H86NO9P. The third-order valence-corrected chi connectivity index (χ3v) is 10.7. The van der Waals surface area contributed by atoms with Crippen LogP contribution in [0.15, 0.2) is 60.8 Å². The van der Waals surface area contributed by atoms with Crippen molar-refractivity contribution in [2.75, 3.05) is 26.4 Å². The summed E-state index contributed by atoms with van der Waals surface area (Å²) in [6, 6.07) is -1.48. The average Bonchev–Trinajstić information content (AvgIpc) is 3.21. The first kappa shape index (κ1) is 56.7. The summed E-state index contributed by atoms with van der Waals surface area (Å²) in [6.07, 6.45) is 52.8. The summed E-state index contributed by atoms with van der Waals surface area (Å²) in [5.74, 6) is -1.79. The van der Waals surface area contributed by atoms with E-state index >= 15 is 0 Å². The lowest BCUT2D eigenvalue weighted by Gasteiger charge is -2.20. The number of unbranched alkanes of at least 4 members (excludes halogenated alkanes) is 20. The van der Waals surface area contributed by atoms with Crippen LogP contribution in [0.3, 0.4) is 0 Å². The molecule has 0 rings (SSSR count). The van der Waals surface area contributed by atoms with Crippen molar-refractivity contribution < 1.29 is 42.7 Å². The number of ether oxygens (including phenoxy) is 2. The molecule has 0 saturated carbocycles. The van der Waals surface area contributed by atoms with E-state index in [0.717, 1.165) is 83.5 Å². The molecule has 0 fully saturated rings. The quantitative estimate of drug-likeness (QED) is 0.0233. The molecule has 59 heavy (non-hydrogen) atoms. The Hall–Kier alpha value is -2.33. The summed E-state index contributed by atoms with van der Waals surface area (Å²) in [7, 11) is -4.62. The number of phosphoric acid groups is 1. The van der Waals surface area contributed by atoms with Crippen molar-refractivity contribution in [3.63, 3.8) is 0 Å². The second kappa shape index (κ2) is 43.7. The number of hydrogen-bond donors (Lipinski definition) is 3. The second-order valence-corrected chi connectivity index (χ2v) is 17.0. The number of phosphoric ester groups is 1. The summed E-state index contributed by atoms with van der Waals surface area (Å²) >= 11 is 0. The molecule has 3 atom stereocenters. The normalized spacial score (nSPS) is 14.4. The van der Waals surface area contributed by atoms with E-state index in [0.29, 0.717) is 13.0 Å². The highest BCUT2D eigenvalue weighted by Gasteiger charge is 2.27. The first-order valence-electron chi connectivity index (χ1n) is 23.3.